The SMILES string of the molecule is Cc1ncc(N2CCN(C(=O)OCc3ccccc3)CC2)nc1C(=O)Nc1ccccn1. The van der Waals surface area contributed by atoms with Crippen molar-refractivity contribution >= 4 is 23.6 Å². The number of hydrogen-bond acceptors (Lipinski definition) is 7. The molecule has 0 radical (unpaired) electrons. The van der Waals surface area contributed by atoms with Gasteiger partial charge in [0.25, 0.3) is 5.91 Å². The number of pyridine rings is 1. The standard InChI is InChI=1S/C23H24N6O3/c1-17-21(22(30)26-19-9-5-6-10-24-19)27-20(15-25-17)28-11-13-29(14-12-28)23(31)32-16-18-7-3-2-4-8-18/h2-10,15H,11-14,16H2,1H3,(H,24,26,30). The number of carbonyl (C=O) groups excluding carboxylic acids is 2. The molecule has 164 valence electrons. The lowest BCUT2D eigenvalue weighted by molar-refractivity contribution is 0.0941. The van der Waals surface area contributed by atoms with Crippen molar-refractivity contribution in [2.24, 2.45) is 0 Å². The van der Waals surface area contributed by atoms with Gasteiger partial charge in [-0.15, -0.1) is 0 Å². The number of amides is 2. The van der Waals surface area contributed by atoms with Crippen LogP contribution in [0, 0.1) is 6.92 Å². The minimum Gasteiger partial charge on any atom is -0.445 e. The summed E-state index contributed by atoms with van der Waals surface area (Å²) in [6, 6.07) is 14.9. The van der Waals surface area contributed by atoms with Crippen LogP contribution < -0.4 is 10.2 Å². The van der Waals surface area contributed by atoms with Gasteiger partial charge in [-0.25, -0.2) is 14.8 Å². The van der Waals surface area contributed by atoms with Crippen LogP contribution in [-0.2, 0) is 11.3 Å². The van der Waals surface area contributed by atoms with Crippen LogP contribution in [0.1, 0.15) is 21.7 Å². The van der Waals surface area contributed by atoms with Gasteiger partial charge in [-0.2, -0.15) is 0 Å². The Bertz CT molecular complexity index is 1070. The summed E-state index contributed by atoms with van der Waals surface area (Å²) in [6.07, 6.45) is 2.92. The van der Waals surface area contributed by atoms with Gasteiger partial charge in [0.1, 0.15) is 18.2 Å². The van der Waals surface area contributed by atoms with E-state index >= 15 is 0 Å². The van der Waals surface area contributed by atoms with Crippen molar-refractivity contribution in [2.75, 3.05) is 36.4 Å². The summed E-state index contributed by atoms with van der Waals surface area (Å²) < 4.78 is 5.41. The number of rotatable bonds is 5. The topological polar surface area (TPSA) is 101 Å². The summed E-state index contributed by atoms with van der Waals surface area (Å²) in [5.74, 6) is 0.685. The molecule has 9 nitrogen and oxygen atoms in total. The average molecular weight is 432 g/mol. The Hall–Kier alpha value is -4.01. The lowest BCUT2D eigenvalue weighted by Crippen LogP contribution is -2.49. The van der Waals surface area contributed by atoms with E-state index in [0.29, 0.717) is 43.5 Å². The predicted octanol–water partition coefficient (Wildman–Crippen LogP) is 2.89. The molecule has 0 saturated carbocycles. The highest BCUT2D eigenvalue weighted by Crippen LogP contribution is 2.16. The average Bonchev–Trinajstić information content (AvgIpc) is 2.84. The van der Waals surface area contributed by atoms with Crippen LogP contribution in [0.15, 0.2) is 60.9 Å². The van der Waals surface area contributed by atoms with E-state index in [4.69, 9.17) is 4.74 Å². The monoisotopic (exact) mass is 432 g/mol. The Kier molecular flexibility index (Phi) is 6.54. The number of nitrogens with zero attached hydrogens (tertiary/aromatic N) is 5. The summed E-state index contributed by atoms with van der Waals surface area (Å²) in [6.45, 7) is 4.12. The zero-order chi connectivity index (χ0) is 22.3. The molecular formula is C23H24N6O3. The smallest absolute Gasteiger partial charge is 0.410 e. The maximum absolute atomic E-state index is 12.7. The van der Waals surface area contributed by atoms with Crippen molar-refractivity contribution in [1.29, 1.82) is 0 Å². The number of anilines is 2. The highest BCUT2D eigenvalue weighted by atomic mass is 16.6. The molecule has 0 aliphatic carbocycles. The Labute approximate surface area is 186 Å². The maximum Gasteiger partial charge on any atom is 0.410 e. The van der Waals surface area contributed by atoms with E-state index in [2.05, 4.69) is 20.3 Å². The predicted molar refractivity (Wildman–Crippen MR) is 119 cm³/mol. The number of nitrogens with one attached hydrogen (secondary N) is 1. The molecule has 9 heteroatoms. The molecule has 3 aromatic rings. The third-order valence-corrected chi connectivity index (χ3v) is 5.13. The van der Waals surface area contributed by atoms with Gasteiger partial charge in [0.15, 0.2) is 5.69 Å². The molecule has 1 saturated heterocycles. The van der Waals surface area contributed by atoms with Crippen molar-refractivity contribution in [3.63, 3.8) is 0 Å². The maximum atomic E-state index is 12.7. The molecule has 2 aromatic heterocycles. The molecule has 0 atom stereocenters. The van der Waals surface area contributed by atoms with Crippen LogP contribution >= 0.6 is 0 Å². The summed E-state index contributed by atoms with van der Waals surface area (Å²) in [5, 5.41) is 2.74. The second kappa shape index (κ2) is 9.86. The molecule has 1 aliphatic rings. The van der Waals surface area contributed by atoms with Crippen molar-refractivity contribution in [3.05, 3.63) is 77.9 Å². The van der Waals surface area contributed by atoms with Crippen molar-refractivity contribution in [2.45, 2.75) is 13.5 Å². The van der Waals surface area contributed by atoms with Gasteiger partial charge < -0.3 is 19.9 Å². The van der Waals surface area contributed by atoms with Gasteiger partial charge in [-0.1, -0.05) is 36.4 Å². The molecule has 3 heterocycles. The van der Waals surface area contributed by atoms with E-state index in [1.807, 2.05) is 35.2 Å². The van der Waals surface area contributed by atoms with Gasteiger partial charge >= 0.3 is 6.09 Å². The van der Waals surface area contributed by atoms with Crippen LogP contribution in [0.25, 0.3) is 0 Å². The van der Waals surface area contributed by atoms with Gasteiger partial charge in [0, 0.05) is 32.4 Å². The van der Waals surface area contributed by atoms with E-state index in [0.717, 1.165) is 5.56 Å². The number of aromatic nitrogens is 3. The molecule has 1 aliphatic heterocycles. The van der Waals surface area contributed by atoms with E-state index in [1.165, 1.54) is 0 Å². The van der Waals surface area contributed by atoms with E-state index in [1.54, 1.807) is 42.4 Å². The Morgan fingerprint density at radius 1 is 1.00 bits per heavy atom. The highest BCUT2D eigenvalue weighted by Gasteiger charge is 2.24. The molecule has 1 N–H and O–H groups in total. The fraction of sp³-hybridized carbons (Fsp3) is 0.261. The fourth-order valence-electron chi connectivity index (χ4n) is 3.35. The second-order valence-corrected chi connectivity index (χ2v) is 7.35. The highest BCUT2D eigenvalue weighted by molar-refractivity contribution is 6.03. The first kappa shape index (κ1) is 21.2. The van der Waals surface area contributed by atoms with Crippen molar-refractivity contribution in [3.8, 4) is 0 Å². The van der Waals surface area contributed by atoms with E-state index < -0.39 is 0 Å². The van der Waals surface area contributed by atoms with Crippen LogP contribution in [0.4, 0.5) is 16.4 Å². The Morgan fingerprint density at radius 3 is 2.47 bits per heavy atom. The lowest BCUT2D eigenvalue weighted by Gasteiger charge is -2.34. The molecule has 1 aromatic carbocycles. The fourth-order valence-corrected chi connectivity index (χ4v) is 3.35. The zero-order valence-electron chi connectivity index (χ0n) is 17.8. The Balaban J connectivity index is 1.34. The van der Waals surface area contributed by atoms with Crippen LogP contribution in [0.2, 0.25) is 0 Å². The summed E-state index contributed by atoms with van der Waals surface area (Å²) in [4.78, 5) is 41.7. The number of hydrogen-bond donors (Lipinski definition) is 1. The number of ether oxygens (including phenoxy) is 1. The molecule has 0 bridgehead atoms. The number of piperazine rings is 1. The number of carbonyl (C=O) groups is 2. The minimum atomic E-state index is -0.362. The first-order valence-corrected chi connectivity index (χ1v) is 10.4. The van der Waals surface area contributed by atoms with Gasteiger partial charge in [-0.3, -0.25) is 9.78 Å². The van der Waals surface area contributed by atoms with Gasteiger partial charge in [-0.05, 0) is 24.6 Å². The van der Waals surface area contributed by atoms with Crippen LogP contribution in [0.3, 0.4) is 0 Å². The molecular weight excluding hydrogens is 408 g/mol. The van der Waals surface area contributed by atoms with Crippen molar-refractivity contribution in [1.82, 2.24) is 19.9 Å². The third kappa shape index (κ3) is 5.18. The number of benzene rings is 1. The minimum absolute atomic E-state index is 0.248. The second-order valence-electron chi connectivity index (χ2n) is 7.35. The zero-order valence-corrected chi connectivity index (χ0v) is 17.8. The summed E-state index contributed by atoms with van der Waals surface area (Å²) >= 11 is 0. The van der Waals surface area contributed by atoms with Gasteiger partial charge in [0.2, 0.25) is 0 Å². The lowest BCUT2D eigenvalue weighted by atomic mass is 10.2. The summed E-state index contributed by atoms with van der Waals surface area (Å²) in [7, 11) is 0. The van der Waals surface area contributed by atoms with Crippen LogP contribution in [0.5, 0.6) is 0 Å². The molecule has 4 rings (SSSR count). The molecule has 0 spiro atoms. The molecule has 2 amide bonds. The third-order valence-electron chi connectivity index (χ3n) is 5.13. The molecule has 32 heavy (non-hydrogen) atoms. The van der Waals surface area contributed by atoms with E-state index in [9.17, 15) is 9.59 Å². The van der Waals surface area contributed by atoms with Crippen molar-refractivity contribution < 1.29 is 14.3 Å². The van der Waals surface area contributed by atoms with Crippen LogP contribution in [-0.4, -0.2) is 58.0 Å². The molecule has 1 fully saturated rings. The quantitative estimate of drug-likeness (QED) is 0.662. The first-order valence-electron chi connectivity index (χ1n) is 10.4. The Morgan fingerprint density at radius 2 is 1.75 bits per heavy atom. The molecule has 0 unspecified atom stereocenters. The normalized spacial score (nSPS) is 13.5. The largest absolute Gasteiger partial charge is 0.445 e. The first-order chi connectivity index (χ1) is 15.6. The van der Waals surface area contributed by atoms with Gasteiger partial charge in [0.05, 0.1) is 11.9 Å². The summed E-state index contributed by atoms with van der Waals surface area (Å²) in [5.41, 5.74) is 1.73. The van der Waals surface area contributed by atoms with E-state index in [-0.39, 0.29) is 24.3 Å². The number of aryl methyl sites for hydroxylation is 1.